The second kappa shape index (κ2) is 10.6. The molecule has 0 aliphatic carbocycles. The van der Waals surface area contributed by atoms with E-state index in [4.69, 9.17) is 5.73 Å². The lowest BCUT2D eigenvalue weighted by Gasteiger charge is -2.23. The molecule has 7 heteroatoms. The van der Waals surface area contributed by atoms with Crippen LogP contribution in [0.25, 0.3) is 11.3 Å². The Morgan fingerprint density at radius 1 is 0.909 bits per heavy atom. The van der Waals surface area contributed by atoms with Gasteiger partial charge in [0.25, 0.3) is 5.91 Å². The Labute approximate surface area is 196 Å². The highest BCUT2D eigenvalue weighted by Gasteiger charge is 2.17. The zero-order valence-electron chi connectivity index (χ0n) is 18.0. The van der Waals surface area contributed by atoms with Crippen LogP contribution in [0.1, 0.15) is 22.3 Å². The molecular formula is C26H24N4O2S. The van der Waals surface area contributed by atoms with E-state index in [0.717, 1.165) is 16.8 Å². The summed E-state index contributed by atoms with van der Waals surface area (Å²) in [6.07, 6.45) is 0.190. The number of thiazole rings is 1. The van der Waals surface area contributed by atoms with E-state index in [2.05, 4.69) is 10.3 Å². The molecule has 0 atom stereocenters. The molecule has 0 aliphatic rings. The number of benzene rings is 3. The minimum atomic E-state index is -0.153. The van der Waals surface area contributed by atoms with Gasteiger partial charge in [0.1, 0.15) is 0 Å². The van der Waals surface area contributed by atoms with E-state index in [-0.39, 0.29) is 18.2 Å². The van der Waals surface area contributed by atoms with Crippen molar-refractivity contribution in [1.29, 1.82) is 0 Å². The van der Waals surface area contributed by atoms with Gasteiger partial charge in [-0.15, -0.1) is 11.3 Å². The van der Waals surface area contributed by atoms with Gasteiger partial charge in [-0.1, -0.05) is 60.7 Å². The summed E-state index contributed by atoms with van der Waals surface area (Å²) in [4.78, 5) is 31.7. The quantitative estimate of drug-likeness (QED) is 0.388. The van der Waals surface area contributed by atoms with Crippen LogP contribution in [0.4, 0.5) is 10.8 Å². The summed E-state index contributed by atoms with van der Waals surface area (Å²) in [6, 6.07) is 26.4. The Kier molecular flexibility index (Phi) is 7.12. The van der Waals surface area contributed by atoms with Crippen LogP contribution >= 0.6 is 11.3 Å². The summed E-state index contributed by atoms with van der Waals surface area (Å²) >= 11 is 1.39. The van der Waals surface area contributed by atoms with E-state index in [1.807, 2.05) is 78.2 Å². The van der Waals surface area contributed by atoms with Crippen molar-refractivity contribution >= 4 is 34.0 Å². The zero-order valence-corrected chi connectivity index (χ0v) is 18.8. The van der Waals surface area contributed by atoms with Crippen molar-refractivity contribution in [3.63, 3.8) is 0 Å². The van der Waals surface area contributed by atoms with E-state index >= 15 is 0 Å². The van der Waals surface area contributed by atoms with Crippen LogP contribution in [0.15, 0.2) is 90.3 Å². The van der Waals surface area contributed by atoms with Crippen LogP contribution in [0.5, 0.6) is 0 Å². The SMILES string of the molecule is Nc1nc(-c2ccc(NC(=O)CCN(Cc3ccccc3)C(=O)c3ccccc3)cc2)cs1. The summed E-state index contributed by atoms with van der Waals surface area (Å²) in [6.45, 7) is 0.748. The lowest BCUT2D eigenvalue weighted by molar-refractivity contribution is -0.116. The number of carbonyl (C=O) groups is 2. The molecular weight excluding hydrogens is 432 g/mol. The average Bonchev–Trinajstić information content (AvgIpc) is 3.29. The van der Waals surface area contributed by atoms with Gasteiger partial charge in [0.15, 0.2) is 5.13 Å². The van der Waals surface area contributed by atoms with E-state index < -0.39 is 0 Å². The second-order valence-electron chi connectivity index (χ2n) is 7.52. The number of hydrogen-bond donors (Lipinski definition) is 2. The Morgan fingerprint density at radius 3 is 2.21 bits per heavy atom. The third-order valence-corrected chi connectivity index (χ3v) is 5.79. The van der Waals surface area contributed by atoms with Crippen molar-refractivity contribution < 1.29 is 9.59 Å². The Hall–Kier alpha value is -3.97. The van der Waals surface area contributed by atoms with Crippen molar-refractivity contribution in [3.8, 4) is 11.3 Å². The maximum absolute atomic E-state index is 13.1. The maximum Gasteiger partial charge on any atom is 0.254 e. The number of carbonyl (C=O) groups excluding carboxylic acids is 2. The highest BCUT2D eigenvalue weighted by atomic mass is 32.1. The molecule has 33 heavy (non-hydrogen) atoms. The third-order valence-electron chi connectivity index (χ3n) is 5.12. The highest BCUT2D eigenvalue weighted by molar-refractivity contribution is 7.13. The van der Waals surface area contributed by atoms with Gasteiger partial charge < -0.3 is 16.0 Å². The number of nitrogens with one attached hydrogen (secondary N) is 1. The number of nitrogen functional groups attached to an aromatic ring is 1. The lowest BCUT2D eigenvalue weighted by atomic mass is 10.1. The predicted molar refractivity (Wildman–Crippen MR) is 133 cm³/mol. The summed E-state index contributed by atoms with van der Waals surface area (Å²) in [5, 5.41) is 5.32. The first-order valence-electron chi connectivity index (χ1n) is 10.6. The molecule has 4 aromatic rings. The van der Waals surface area contributed by atoms with Gasteiger partial charge in [-0.3, -0.25) is 9.59 Å². The Bertz CT molecular complexity index is 1210. The molecule has 0 unspecified atom stereocenters. The largest absolute Gasteiger partial charge is 0.375 e. The first-order valence-corrected chi connectivity index (χ1v) is 11.5. The molecule has 6 nitrogen and oxygen atoms in total. The summed E-state index contributed by atoms with van der Waals surface area (Å²) in [7, 11) is 0. The molecule has 0 saturated heterocycles. The van der Waals surface area contributed by atoms with Crippen molar-refractivity contribution in [2.45, 2.75) is 13.0 Å². The Morgan fingerprint density at radius 2 is 1.58 bits per heavy atom. The molecule has 4 rings (SSSR count). The minimum Gasteiger partial charge on any atom is -0.375 e. The molecule has 3 aromatic carbocycles. The molecule has 0 saturated carbocycles. The van der Waals surface area contributed by atoms with E-state index in [1.165, 1.54) is 11.3 Å². The van der Waals surface area contributed by atoms with Crippen molar-refractivity contribution in [1.82, 2.24) is 9.88 Å². The van der Waals surface area contributed by atoms with E-state index in [9.17, 15) is 9.59 Å². The van der Waals surface area contributed by atoms with Gasteiger partial charge in [-0.2, -0.15) is 0 Å². The topological polar surface area (TPSA) is 88.3 Å². The molecule has 2 amide bonds. The number of aromatic nitrogens is 1. The normalized spacial score (nSPS) is 10.5. The van der Waals surface area contributed by atoms with Crippen LogP contribution in [0.2, 0.25) is 0 Å². The van der Waals surface area contributed by atoms with Crippen molar-refractivity contribution in [2.75, 3.05) is 17.6 Å². The van der Waals surface area contributed by atoms with Crippen molar-refractivity contribution in [3.05, 3.63) is 101 Å². The fourth-order valence-corrected chi connectivity index (χ4v) is 4.00. The Balaban J connectivity index is 1.39. The fraction of sp³-hybridized carbons (Fsp3) is 0.115. The van der Waals surface area contributed by atoms with Gasteiger partial charge >= 0.3 is 0 Å². The zero-order chi connectivity index (χ0) is 23.0. The average molecular weight is 457 g/mol. The highest BCUT2D eigenvalue weighted by Crippen LogP contribution is 2.24. The monoisotopic (exact) mass is 456 g/mol. The van der Waals surface area contributed by atoms with Gasteiger partial charge in [-0.05, 0) is 29.8 Å². The molecule has 166 valence electrons. The molecule has 1 aromatic heterocycles. The first-order chi connectivity index (χ1) is 16.1. The number of rotatable bonds is 8. The molecule has 0 bridgehead atoms. The predicted octanol–water partition coefficient (Wildman–Crippen LogP) is 5.06. The number of hydrogen-bond acceptors (Lipinski definition) is 5. The molecule has 0 spiro atoms. The van der Waals surface area contributed by atoms with Gasteiger partial charge in [0.2, 0.25) is 5.91 Å². The smallest absolute Gasteiger partial charge is 0.254 e. The van der Waals surface area contributed by atoms with E-state index in [1.54, 1.807) is 17.0 Å². The van der Waals surface area contributed by atoms with Gasteiger partial charge in [-0.25, -0.2) is 4.98 Å². The van der Waals surface area contributed by atoms with Crippen LogP contribution in [0, 0.1) is 0 Å². The minimum absolute atomic E-state index is 0.0980. The molecule has 0 radical (unpaired) electrons. The first kappa shape index (κ1) is 22.2. The van der Waals surface area contributed by atoms with E-state index in [0.29, 0.717) is 29.5 Å². The van der Waals surface area contributed by atoms with Crippen LogP contribution in [0.3, 0.4) is 0 Å². The number of nitrogens with two attached hydrogens (primary N) is 1. The fourth-order valence-electron chi connectivity index (χ4n) is 3.42. The standard InChI is InChI=1S/C26H24N4O2S/c27-26-29-23(18-33-26)20-11-13-22(14-12-20)28-24(31)15-16-30(17-19-7-3-1-4-8-19)25(32)21-9-5-2-6-10-21/h1-14,18H,15-17H2,(H2,27,29)(H,28,31). The summed E-state index contributed by atoms with van der Waals surface area (Å²) in [5.41, 5.74) is 9.75. The van der Waals surface area contributed by atoms with Crippen LogP contribution < -0.4 is 11.1 Å². The van der Waals surface area contributed by atoms with Gasteiger partial charge in [0, 0.05) is 41.7 Å². The number of anilines is 2. The van der Waals surface area contributed by atoms with Gasteiger partial charge in [0.05, 0.1) is 5.69 Å². The van der Waals surface area contributed by atoms with Crippen molar-refractivity contribution in [2.24, 2.45) is 0 Å². The molecule has 0 fully saturated rings. The molecule has 1 heterocycles. The molecule has 3 N–H and O–H groups in total. The summed E-state index contributed by atoms with van der Waals surface area (Å²) in [5.74, 6) is -0.251. The van der Waals surface area contributed by atoms with Crippen LogP contribution in [-0.2, 0) is 11.3 Å². The summed E-state index contributed by atoms with van der Waals surface area (Å²) < 4.78 is 0. The maximum atomic E-state index is 13.1. The van der Waals surface area contributed by atoms with Crippen LogP contribution in [-0.4, -0.2) is 28.2 Å². The number of amides is 2. The second-order valence-corrected chi connectivity index (χ2v) is 8.41. The number of nitrogens with zero attached hydrogens (tertiary/aromatic N) is 2. The third kappa shape index (κ3) is 6.05. The lowest BCUT2D eigenvalue weighted by Crippen LogP contribution is -2.33. The molecule has 0 aliphatic heterocycles.